The number of hydrazine groups is 1. The molecule has 3 aromatic rings. The summed E-state index contributed by atoms with van der Waals surface area (Å²) in [6.45, 7) is 0.124. The van der Waals surface area contributed by atoms with Gasteiger partial charge in [-0.15, -0.1) is 11.8 Å². The molecule has 3 rings (SSSR count). The lowest BCUT2D eigenvalue weighted by Crippen LogP contribution is -2.47. The van der Waals surface area contributed by atoms with E-state index in [0.717, 1.165) is 21.0 Å². The van der Waals surface area contributed by atoms with Crippen molar-refractivity contribution in [2.75, 3.05) is 17.0 Å². The molecule has 0 aliphatic rings. The Bertz CT molecular complexity index is 1020. The Morgan fingerprint density at radius 1 is 0.903 bits per heavy atom. The maximum Gasteiger partial charge on any atom is 0.433 e. The summed E-state index contributed by atoms with van der Waals surface area (Å²) < 4.78 is 10.6. The second kappa shape index (κ2) is 10.9. The third-order valence-electron chi connectivity index (χ3n) is 4.28. The molecule has 0 aliphatic heterocycles. The maximum atomic E-state index is 12.8. The molecule has 0 atom stereocenters. The number of anilines is 2. The van der Waals surface area contributed by atoms with Crippen molar-refractivity contribution in [1.82, 2.24) is 5.43 Å². The van der Waals surface area contributed by atoms with Crippen LogP contribution >= 0.6 is 11.8 Å². The van der Waals surface area contributed by atoms with Gasteiger partial charge < -0.3 is 15.2 Å². The van der Waals surface area contributed by atoms with E-state index in [0.29, 0.717) is 11.4 Å². The van der Waals surface area contributed by atoms with Crippen LogP contribution in [0, 0.1) is 0 Å². The van der Waals surface area contributed by atoms with Crippen LogP contribution in [-0.2, 0) is 22.7 Å². The van der Waals surface area contributed by atoms with Gasteiger partial charge in [0.2, 0.25) is 0 Å². The minimum Gasteiger partial charge on any atom is -0.443 e. The minimum absolute atomic E-state index is 0.0568. The zero-order chi connectivity index (χ0) is 22.1. The molecular weight excluding hydrogens is 414 g/mol. The Balaban J connectivity index is 1.73. The van der Waals surface area contributed by atoms with Crippen LogP contribution in [0.15, 0.2) is 83.8 Å². The Kier molecular flexibility index (Phi) is 7.78. The van der Waals surface area contributed by atoms with Crippen LogP contribution in [-0.4, -0.2) is 18.4 Å². The third kappa shape index (κ3) is 6.42. The summed E-state index contributed by atoms with van der Waals surface area (Å²) in [6.07, 6.45) is 0.329. The van der Waals surface area contributed by atoms with E-state index >= 15 is 0 Å². The first kappa shape index (κ1) is 22.0. The molecule has 0 heterocycles. The van der Waals surface area contributed by atoms with Crippen molar-refractivity contribution in [3.63, 3.8) is 0 Å². The molecule has 0 aliphatic carbocycles. The predicted molar refractivity (Wildman–Crippen MR) is 122 cm³/mol. The summed E-state index contributed by atoms with van der Waals surface area (Å²) in [4.78, 5) is 26.0. The van der Waals surface area contributed by atoms with Gasteiger partial charge >= 0.3 is 12.2 Å². The number of nitrogen functional groups attached to an aromatic ring is 1. The second-order valence-electron chi connectivity index (χ2n) is 6.48. The van der Waals surface area contributed by atoms with Crippen LogP contribution in [0.5, 0.6) is 0 Å². The summed E-state index contributed by atoms with van der Waals surface area (Å²) in [7, 11) is 0. The van der Waals surface area contributed by atoms with Gasteiger partial charge in [0.15, 0.2) is 0 Å². The number of benzene rings is 3. The fourth-order valence-corrected chi connectivity index (χ4v) is 3.23. The van der Waals surface area contributed by atoms with E-state index in [2.05, 4.69) is 5.43 Å². The quantitative estimate of drug-likeness (QED) is 0.321. The molecule has 0 saturated heterocycles. The average Bonchev–Trinajstić information content (AvgIpc) is 2.81. The molecule has 160 valence electrons. The number of thioether (sulfide) groups is 1. The van der Waals surface area contributed by atoms with Gasteiger partial charge in [-0.1, -0.05) is 60.7 Å². The van der Waals surface area contributed by atoms with E-state index in [-0.39, 0.29) is 13.2 Å². The molecule has 0 aromatic heterocycles. The number of rotatable bonds is 6. The number of hydrogen-bond donors (Lipinski definition) is 2. The molecule has 0 bridgehead atoms. The molecular formula is C23H23N3O4S. The molecule has 0 radical (unpaired) electrons. The first-order valence-electron chi connectivity index (χ1n) is 9.48. The molecule has 7 nitrogen and oxygen atoms in total. The number of hydrogen-bond acceptors (Lipinski definition) is 6. The maximum absolute atomic E-state index is 12.8. The number of carbonyl (C=O) groups is 2. The first-order chi connectivity index (χ1) is 15.1. The molecule has 0 unspecified atom stereocenters. The summed E-state index contributed by atoms with van der Waals surface area (Å²) in [5, 5.41) is 1.01. The van der Waals surface area contributed by atoms with Gasteiger partial charge in [-0.05, 0) is 35.6 Å². The summed E-state index contributed by atoms with van der Waals surface area (Å²) in [5.74, 6) is 0. The SMILES string of the molecule is CSc1cc(N(NC(=O)OCc2ccccc2)C(=O)OCc2ccccc2)ccc1N. The van der Waals surface area contributed by atoms with E-state index in [1.165, 1.54) is 11.8 Å². The molecule has 8 heteroatoms. The number of ether oxygens (including phenoxy) is 2. The van der Waals surface area contributed by atoms with Gasteiger partial charge in [0.25, 0.3) is 0 Å². The molecule has 2 amide bonds. The van der Waals surface area contributed by atoms with Gasteiger partial charge in [0.05, 0.1) is 5.69 Å². The number of nitrogens with zero attached hydrogens (tertiary/aromatic N) is 1. The lowest BCUT2D eigenvalue weighted by molar-refractivity contribution is 0.126. The Morgan fingerprint density at radius 3 is 2.06 bits per heavy atom. The van der Waals surface area contributed by atoms with Gasteiger partial charge in [-0.3, -0.25) is 0 Å². The van der Waals surface area contributed by atoms with Crippen LogP contribution in [0.1, 0.15) is 11.1 Å². The molecule has 3 aromatic carbocycles. The van der Waals surface area contributed by atoms with E-state index in [4.69, 9.17) is 15.2 Å². The highest BCUT2D eigenvalue weighted by Gasteiger charge is 2.22. The van der Waals surface area contributed by atoms with E-state index < -0.39 is 12.2 Å². The van der Waals surface area contributed by atoms with E-state index in [1.807, 2.05) is 66.9 Å². The van der Waals surface area contributed by atoms with Crippen molar-refractivity contribution < 1.29 is 19.1 Å². The Hall–Kier alpha value is -3.65. The third-order valence-corrected chi connectivity index (χ3v) is 5.07. The van der Waals surface area contributed by atoms with Crippen LogP contribution < -0.4 is 16.2 Å². The van der Waals surface area contributed by atoms with Crippen molar-refractivity contribution in [1.29, 1.82) is 0 Å². The predicted octanol–water partition coefficient (Wildman–Crippen LogP) is 4.98. The first-order valence-corrected chi connectivity index (χ1v) is 10.7. The van der Waals surface area contributed by atoms with E-state index in [1.54, 1.807) is 18.2 Å². The number of nitrogens with two attached hydrogens (primary N) is 1. The highest BCUT2D eigenvalue weighted by atomic mass is 32.2. The summed E-state index contributed by atoms with van der Waals surface area (Å²) >= 11 is 1.43. The van der Waals surface area contributed by atoms with Gasteiger partial charge in [-0.2, -0.15) is 5.01 Å². The highest BCUT2D eigenvalue weighted by Crippen LogP contribution is 2.28. The van der Waals surface area contributed by atoms with Crippen molar-refractivity contribution in [2.45, 2.75) is 18.1 Å². The van der Waals surface area contributed by atoms with Crippen LogP contribution in [0.4, 0.5) is 21.0 Å². The highest BCUT2D eigenvalue weighted by molar-refractivity contribution is 7.98. The van der Waals surface area contributed by atoms with Crippen molar-refractivity contribution >= 4 is 35.3 Å². The fraction of sp³-hybridized carbons (Fsp3) is 0.130. The monoisotopic (exact) mass is 437 g/mol. The summed E-state index contributed by atoms with van der Waals surface area (Å²) in [6, 6.07) is 23.5. The second-order valence-corrected chi connectivity index (χ2v) is 7.32. The van der Waals surface area contributed by atoms with Crippen molar-refractivity contribution in [2.24, 2.45) is 0 Å². The fourth-order valence-electron chi connectivity index (χ4n) is 2.69. The van der Waals surface area contributed by atoms with Gasteiger partial charge in [-0.25, -0.2) is 15.0 Å². The van der Waals surface area contributed by atoms with Crippen molar-refractivity contribution in [3.05, 3.63) is 90.0 Å². The molecule has 0 spiro atoms. The molecule has 0 saturated carbocycles. The largest absolute Gasteiger partial charge is 0.443 e. The van der Waals surface area contributed by atoms with Crippen LogP contribution in [0.3, 0.4) is 0 Å². The number of carbonyl (C=O) groups excluding carboxylic acids is 2. The average molecular weight is 438 g/mol. The molecule has 3 N–H and O–H groups in total. The normalized spacial score (nSPS) is 10.2. The Labute approximate surface area is 185 Å². The number of amides is 2. The zero-order valence-corrected chi connectivity index (χ0v) is 17.8. The standard InChI is InChI=1S/C23H23N3O4S/c1-31-21-14-19(12-13-20(21)24)26(23(28)30-16-18-10-6-3-7-11-18)25-22(27)29-15-17-8-4-2-5-9-17/h2-14H,15-16,24H2,1H3,(H,25,27). The van der Waals surface area contributed by atoms with Gasteiger partial charge in [0.1, 0.15) is 13.2 Å². The van der Waals surface area contributed by atoms with Crippen LogP contribution in [0.2, 0.25) is 0 Å². The number of nitrogens with one attached hydrogen (secondary N) is 1. The molecule has 0 fully saturated rings. The topological polar surface area (TPSA) is 93.9 Å². The van der Waals surface area contributed by atoms with Crippen LogP contribution in [0.25, 0.3) is 0 Å². The summed E-state index contributed by atoms with van der Waals surface area (Å²) in [5.41, 5.74) is 11.0. The smallest absolute Gasteiger partial charge is 0.433 e. The lowest BCUT2D eigenvalue weighted by atomic mass is 10.2. The van der Waals surface area contributed by atoms with Gasteiger partial charge in [0, 0.05) is 10.6 Å². The molecule has 31 heavy (non-hydrogen) atoms. The zero-order valence-electron chi connectivity index (χ0n) is 17.0. The van der Waals surface area contributed by atoms with E-state index in [9.17, 15) is 9.59 Å². The lowest BCUT2D eigenvalue weighted by Gasteiger charge is -2.23. The Morgan fingerprint density at radius 2 is 1.48 bits per heavy atom. The van der Waals surface area contributed by atoms with Crippen molar-refractivity contribution in [3.8, 4) is 0 Å². The minimum atomic E-state index is -0.789.